The predicted octanol–water partition coefficient (Wildman–Crippen LogP) is 3.89. The molecule has 6 nitrogen and oxygen atoms in total. The highest BCUT2D eigenvalue weighted by Gasteiger charge is 2.21. The maximum absolute atomic E-state index is 12.8. The van der Waals surface area contributed by atoms with E-state index in [-0.39, 0.29) is 11.9 Å². The van der Waals surface area contributed by atoms with Crippen molar-refractivity contribution in [3.63, 3.8) is 0 Å². The summed E-state index contributed by atoms with van der Waals surface area (Å²) in [5, 5.41) is 3.78. The lowest BCUT2D eigenvalue weighted by atomic mass is 10.0. The largest absolute Gasteiger partial charge is 0.496 e. The minimum atomic E-state index is -0.128. The second-order valence-corrected chi connectivity index (χ2v) is 6.06. The van der Waals surface area contributed by atoms with Crippen molar-refractivity contribution in [1.29, 1.82) is 0 Å². The van der Waals surface area contributed by atoms with Crippen molar-refractivity contribution in [2.45, 2.75) is 19.9 Å². The summed E-state index contributed by atoms with van der Waals surface area (Å²) in [4.78, 5) is 18.7. The van der Waals surface area contributed by atoms with Gasteiger partial charge < -0.3 is 14.2 Å². The van der Waals surface area contributed by atoms with Crippen LogP contribution in [0.2, 0.25) is 0 Å². The third-order valence-electron chi connectivity index (χ3n) is 4.40. The molecule has 1 heterocycles. The number of hydrogen-bond acceptors (Lipinski definition) is 5. The number of carbonyl (C=O) groups is 1. The van der Waals surface area contributed by atoms with Crippen molar-refractivity contribution in [2.24, 2.45) is 0 Å². The molecule has 2 aromatic carbocycles. The molecule has 0 aliphatic rings. The van der Waals surface area contributed by atoms with Crippen molar-refractivity contribution in [1.82, 2.24) is 15.0 Å². The van der Waals surface area contributed by atoms with Crippen molar-refractivity contribution in [3.05, 3.63) is 65.5 Å². The number of aryl methyl sites for hydroxylation is 1. The number of hydrogen-bond donors (Lipinski definition) is 0. The van der Waals surface area contributed by atoms with Crippen LogP contribution in [0.1, 0.15) is 34.7 Å². The first-order valence-electron chi connectivity index (χ1n) is 8.32. The molecule has 6 heteroatoms. The Morgan fingerprint density at radius 1 is 1.15 bits per heavy atom. The molecular weight excluding hydrogens is 330 g/mol. The number of methoxy groups -OCH3 is 1. The van der Waals surface area contributed by atoms with E-state index in [9.17, 15) is 4.79 Å². The van der Waals surface area contributed by atoms with Crippen LogP contribution < -0.4 is 4.74 Å². The van der Waals surface area contributed by atoms with Gasteiger partial charge in [-0.1, -0.05) is 23.4 Å². The number of rotatable bonds is 5. The molecule has 3 rings (SSSR count). The van der Waals surface area contributed by atoms with Gasteiger partial charge in [-0.2, -0.15) is 4.98 Å². The van der Waals surface area contributed by atoms with Crippen LogP contribution in [-0.2, 0) is 0 Å². The minimum absolute atomic E-state index is 0.0725. The van der Waals surface area contributed by atoms with E-state index in [0.717, 1.165) is 16.9 Å². The van der Waals surface area contributed by atoms with Gasteiger partial charge in [0.25, 0.3) is 11.8 Å². The molecule has 0 radical (unpaired) electrons. The summed E-state index contributed by atoms with van der Waals surface area (Å²) in [7, 11) is 3.42. The number of benzene rings is 2. The van der Waals surface area contributed by atoms with Crippen LogP contribution in [-0.4, -0.2) is 35.1 Å². The highest BCUT2D eigenvalue weighted by atomic mass is 16.5. The molecule has 1 amide bonds. The van der Waals surface area contributed by atoms with Gasteiger partial charge in [0.1, 0.15) is 5.75 Å². The smallest absolute Gasteiger partial charge is 0.257 e. The van der Waals surface area contributed by atoms with Gasteiger partial charge in [-0.3, -0.25) is 4.79 Å². The Morgan fingerprint density at radius 2 is 1.85 bits per heavy atom. The zero-order valence-corrected chi connectivity index (χ0v) is 15.3. The molecular formula is C20H21N3O3. The number of amides is 1. The summed E-state index contributed by atoms with van der Waals surface area (Å²) in [6.45, 7) is 3.74. The highest BCUT2D eigenvalue weighted by molar-refractivity contribution is 5.94. The number of carbonyl (C=O) groups excluding carboxylic acids is 1. The standard InChI is InChI=1S/C20H21N3O3/c1-13(17-7-5-6-8-18(17)25-4)23(3)20(24)16-11-9-15(10-12-16)19-21-14(2)22-26-19/h5-13H,1-4H3/t13-/m1/s1. The van der Waals surface area contributed by atoms with Crippen LogP contribution >= 0.6 is 0 Å². The lowest BCUT2D eigenvalue weighted by Gasteiger charge is -2.26. The van der Waals surface area contributed by atoms with Crippen molar-refractivity contribution in [2.75, 3.05) is 14.2 Å². The fourth-order valence-corrected chi connectivity index (χ4v) is 2.77. The van der Waals surface area contributed by atoms with Crippen LogP contribution in [0.5, 0.6) is 5.75 Å². The summed E-state index contributed by atoms with van der Waals surface area (Å²) in [5.41, 5.74) is 2.33. The van der Waals surface area contributed by atoms with E-state index >= 15 is 0 Å². The van der Waals surface area contributed by atoms with Gasteiger partial charge in [0.05, 0.1) is 13.2 Å². The molecule has 0 aliphatic heterocycles. The van der Waals surface area contributed by atoms with Gasteiger partial charge in [0.2, 0.25) is 0 Å². The van der Waals surface area contributed by atoms with Crippen molar-refractivity contribution in [3.8, 4) is 17.2 Å². The highest BCUT2D eigenvalue weighted by Crippen LogP contribution is 2.29. The summed E-state index contributed by atoms with van der Waals surface area (Å²) >= 11 is 0. The fourth-order valence-electron chi connectivity index (χ4n) is 2.77. The first-order chi connectivity index (χ1) is 12.5. The second kappa shape index (κ2) is 7.39. The number of ether oxygens (including phenoxy) is 1. The van der Waals surface area contributed by atoms with Gasteiger partial charge in [-0.15, -0.1) is 0 Å². The fraction of sp³-hybridized carbons (Fsp3) is 0.250. The quantitative estimate of drug-likeness (QED) is 0.697. The third-order valence-corrected chi connectivity index (χ3v) is 4.40. The molecule has 26 heavy (non-hydrogen) atoms. The van der Waals surface area contributed by atoms with Crippen LogP contribution in [0.3, 0.4) is 0 Å². The first kappa shape index (κ1) is 17.7. The molecule has 1 atom stereocenters. The molecule has 3 aromatic rings. The Bertz CT molecular complexity index is 903. The molecule has 0 unspecified atom stereocenters. The first-order valence-corrected chi connectivity index (χ1v) is 8.32. The number of para-hydroxylation sites is 1. The van der Waals surface area contributed by atoms with Crippen molar-refractivity contribution < 1.29 is 14.1 Å². The van der Waals surface area contributed by atoms with Gasteiger partial charge in [-0.25, -0.2) is 0 Å². The van der Waals surface area contributed by atoms with E-state index in [2.05, 4.69) is 10.1 Å². The summed E-state index contributed by atoms with van der Waals surface area (Å²) < 4.78 is 10.6. The normalized spacial score (nSPS) is 11.8. The maximum Gasteiger partial charge on any atom is 0.257 e. The van der Waals surface area contributed by atoms with E-state index in [0.29, 0.717) is 17.3 Å². The summed E-state index contributed by atoms with van der Waals surface area (Å²) in [6, 6.07) is 14.7. The van der Waals surface area contributed by atoms with Crippen LogP contribution in [0.25, 0.3) is 11.5 Å². The Labute approximate surface area is 152 Å². The Kier molecular flexibility index (Phi) is 5.02. The van der Waals surface area contributed by atoms with E-state index < -0.39 is 0 Å². The van der Waals surface area contributed by atoms with E-state index in [1.54, 1.807) is 38.1 Å². The predicted molar refractivity (Wildman–Crippen MR) is 98.0 cm³/mol. The lowest BCUT2D eigenvalue weighted by molar-refractivity contribution is 0.0741. The van der Waals surface area contributed by atoms with Gasteiger partial charge >= 0.3 is 0 Å². The molecule has 0 aliphatic carbocycles. The average Bonchev–Trinajstić information content (AvgIpc) is 3.12. The van der Waals surface area contributed by atoms with E-state index in [4.69, 9.17) is 9.26 Å². The van der Waals surface area contributed by atoms with E-state index in [1.807, 2.05) is 43.3 Å². The Hall–Kier alpha value is -3.15. The molecule has 0 spiro atoms. The SMILES string of the molecule is COc1ccccc1[C@@H](C)N(C)C(=O)c1ccc(-c2nc(C)no2)cc1. The molecule has 0 saturated carbocycles. The van der Waals surface area contributed by atoms with Gasteiger partial charge in [0, 0.05) is 23.7 Å². The number of nitrogens with zero attached hydrogens (tertiary/aromatic N) is 3. The number of aromatic nitrogens is 2. The monoisotopic (exact) mass is 351 g/mol. The third kappa shape index (κ3) is 3.44. The van der Waals surface area contributed by atoms with Crippen LogP contribution in [0.4, 0.5) is 0 Å². The molecule has 0 bridgehead atoms. The summed E-state index contributed by atoms with van der Waals surface area (Å²) in [5.74, 6) is 1.71. The molecule has 134 valence electrons. The van der Waals surface area contributed by atoms with Gasteiger partial charge in [-0.05, 0) is 44.2 Å². The molecule has 0 fully saturated rings. The second-order valence-electron chi connectivity index (χ2n) is 6.06. The zero-order valence-electron chi connectivity index (χ0n) is 15.3. The molecule has 0 N–H and O–H groups in total. The lowest BCUT2D eigenvalue weighted by Crippen LogP contribution is -2.29. The maximum atomic E-state index is 12.8. The molecule has 1 aromatic heterocycles. The van der Waals surface area contributed by atoms with Gasteiger partial charge in [0.15, 0.2) is 5.82 Å². The minimum Gasteiger partial charge on any atom is -0.496 e. The zero-order chi connectivity index (χ0) is 18.7. The average molecular weight is 351 g/mol. The molecule has 0 saturated heterocycles. The van der Waals surface area contributed by atoms with Crippen molar-refractivity contribution >= 4 is 5.91 Å². The Morgan fingerprint density at radius 3 is 2.46 bits per heavy atom. The van der Waals surface area contributed by atoms with Crippen LogP contribution in [0.15, 0.2) is 53.1 Å². The van der Waals surface area contributed by atoms with E-state index in [1.165, 1.54) is 0 Å². The van der Waals surface area contributed by atoms with Crippen LogP contribution in [0, 0.1) is 6.92 Å². The summed E-state index contributed by atoms with van der Waals surface area (Å²) in [6.07, 6.45) is 0. The Balaban J connectivity index is 1.79. The topological polar surface area (TPSA) is 68.5 Å².